The van der Waals surface area contributed by atoms with E-state index in [9.17, 15) is 14.4 Å². The third-order valence-electron chi connectivity index (χ3n) is 6.44. The molecule has 1 N–H and O–H groups in total. The molecule has 4 aromatic rings. The van der Waals surface area contributed by atoms with Crippen molar-refractivity contribution in [2.75, 3.05) is 25.6 Å². The number of amides is 1. The van der Waals surface area contributed by atoms with E-state index in [0.717, 1.165) is 16.5 Å². The van der Waals surface area contributed by atoms with E-state index in [0.29, 0.717) is 47.2 Å². The summed E-state index contributed by atoms with van der Waals surface area (Å²) in [5.74, 6) is 0.264. The Kier molecular flexibility index (Phi) is 6.71. The Morgan fingerprint density at radius 1 is 1.11 bits per heavy atom. The number of aromatic nitrogens is 1. The smallest absolute Gasteiger partial charge is 0.341 e. The summed E-state index contributed by atoms with van der Waals surface area (Å²) in [4.78, 5) is 39.5. The summed E-state index contributed by atoms with van der Waals surface area (Å²) >= 11 is 1.22. The maximum absolute atomic E-state index is 13.6. The normalized spacial score (nSPS) is 13.3. The number of benzene rings is 2. The topological polar surface area (TPSA) is 95.9 Å². The number of hydrogen-bond acceptors (Lipinski definition) is 7. The molecular weight excluding hydrogens is 492 g/mol. The van der Waals surface area contributed by atoms with Crippen LogP contribution in [0.2, 0.25) is 0 Å². The minimum Gasteiger partial charge on any atom is -0.486 e. The molecule has 1 aliphatic heterocycles. The van der Waals surface area contributed by atoms with E-state index < -0.39 is 12.0 Å². The summed E-state index contributed by atoms with van der Waals surface area (Å²) in [6.45, 7) is 4.65. The number of anilines is 1. The molecule has 1 amide bonds. The first-order valence-electron chi connectivity index (χ1n) is 11.9. The van der Waals surface area contributed by atoms with Gasteiger partial charge in [0.15, 0.2) is 11.5 Å². The van der Waals surface area contributed by atoms with Crippen molar-refractivity contribution in [1.82, 2.24) is 4.57 Å². The van der Waals surface area contributed by atoms with E-state index in [1.807, 2.05) is 44.2 Å². The number of nitrogens with one attached hydrogen (secondary N) is 1. The Bertz CT molecular complexity index is 1570. The van der Waals surface area contributed by atoms with Crippen LogP contribution in [-0.4, -0.2) is 36.8 Å². The van der Waals surface area contributed by atoms with Gasteiger partial charge >= 0.3 is 5.97 Å². The largest absolute Gasteiger partial charge is 0.486 e. The molecule has 0 saturated carbocycles. The highest BCUT2D eigenvalue weighted by Crippen LogP contribution is 2.40. The molecule has 1 atom stereocenters. The fourth-order valence-electron chi connectivity index (χ4n) is 4.65. The Hall–Kier alpha value is -4.11. The number of fused-ring (bicyclic) bond motifs is 2. The van der Waals surface area contributed by atoms with Crippen molar-refractivity contribution in [3.8, 4) is 22.6 Å². The molecule has 2 aromatic carbocycles. The molecule has 0 radical (unpaired) electrons. The van der Waals surface area contributed by atoms with E-state index in [1.54, 1.807) is 23.6 Å². The lowest BCUT2D eigenvalue weighted by Gasteiger charge is -2.21. The third-order valence-corrected chi connectivity index (χ3v) is 7.33. The average molecular weight is 519 g/mol. The molecule has 0 spiro atoms. The highest BCUT2D eigenvalue weighted by atomic mass is 32.1. The van der Waals surface area contributed by atoms with Gasteiger partial charge in [-0.2, -0.15) is 0 Å². The van der Waals surface area contributed by atoms with Crippen molar-refractivity contribution in [2.24, 2.45) is 0 Å². The van der Waals surface area contributed by atoms with Crippen molar-refractivity contribution in [3.63, 3.8) is 0 Å². The lowest BCUT2D eigenvalue weighted by Crippen LogP contribution is -2.33. The number of rotatable bonds is 6. The summed E-state index contributed by atoms with van der Waals surface area (Å²) in [6.07, 6.45) is 0.382. The van der Waals surface area contributed by atoms with Gasteiger partial charge in [0, 0.05) is 22.4 Å². The summed E-state index contributed by atoms with van der Waals surface area (Å²) in [6, 6.07) is 13.7. The fourth-order valence-corrected chi connectivity index (χ4v) is 5.61. The standard InChI is InChI=1S/C28H26N2O6S/c1-4-20(30-21-8-6-5-7-18(21)16(2)13-24(30)31)26(32)29-27-25(28(33)34-3)19(15-37-27)17-9-10-22-23(14-17)36-12-11-35-22/h5-10,13-15,20H,4,11-12H2,1-3H3,(H,29,32). The van der Waals surface area contributed by atoms with E-state index in [1.165, 1.54) is 23.0 Å². The van der Waals surface area contributed by atoms with Crippen LogP contribution in [0.15, 0.2) is 58.7 Å². The number of methoxy groups -OCH3 is 1. The lowest BCUT2D eigenvalue weighted by molar-refractivity contribution is -0.119. The number of carbonyl (C=O) groups excluding carboxylic acids is 2. The van der Waals surface area contributed by atoms with Gasteiger partial charge in [0.2, 0.25) is 5.91 Å². The summed E-state index contributed by atoms with van der Waals surface area (Å²) in [5.41, 5.74) is 2.86. The number of ether oxygens (including phenoxy) is 3. The van der Waals surface area contributed by atoms with E-state index in [-0.39, 0.29) is 17.0 Å². The van der Waals surface area contributed by atoms with Gasteiger partial charge in [-0.05, 0) is 42.7 Å². The molecule has 0 saturated heterocycles. The van der Waals surface area contributed by atoms with Gasteiger partial charge in [-0.1, -0.05) is 31.2 Å². The molecular formula is C28H26N2O6S. The maximum Gasteiger partial charge on any atom is 0.341 e. The second kappa shape index (κ2) is 10.1. The number of aryl methyl sites for hydroxylation is 1. The van der Waals surface area contributed by atoms with Crippen LogP contribution < -0.4 is 20.3 Å². The SMILES string of the molecule is CCC(C(=O)Nc1scc(-c2ccc3c(c2)OCCO3)c1C(=O)OC)n1c(=O)cc(C)c2ccccc21. The van der Waals surface area contributed by atoms with Crippen molar-refractivity contribution >= 4 is 39.1 Å². The van der Waals surface area contributed by atoms with Crippen LogP contribution in [0.5, 0.6) is 11.5 Å². The van der Waals surface area contributed by atoms with Crippen LogP contribution in [0.25, 0.3) is 22.0 Å². The first kappa shape index (κ1) is 24.6. The minimum atomic E-state index is -0.775. The molecule has 190 valence electrons. The zero-order valence-corrected chi connectivity index (χ0v) is 21.5. The average Bonchev–Trinajstić information content (AvgIpc) is 3.33. The van der Waals surface area contributed by atoms with Gasteiger partial charge in [-0.3, -0.25) is 14.2 Å². The van der Waals surface area contributed by atoms with Crippen molar-refractivity contribution in [3.05, 3.63) is 75.4 Å². The third kappa shape index (κ3) is 4.46. The maximum atomic E-state index is 13.6. The van der Waals surface area contributed by atoms with E-state index >= 15 is 0 Å². The van der Waals surface area contributed by atoms with Crippen molar-refractivity contribution in [1.29, 1.82) is 0 Å². The zero-order valence-electron chi connectivity index (χ0n) is 20.7. The first-order valence-corrected chi connectivity index (χ1v) is 12.8. The highest BCUT2D eigenvalue weighted by Gasteiger charge is 2.27. The van der Waals surface area contributed by atoms with Gasteiger partial charge in [0.05, 0.1) is 12.6 Å². The second-order valence-corrected chi connectivity index (χ2v) is 9.55. The number of hydrogen-bond donors (Lipinski definition) is 1. The monoisotopic (exact) mass is 518 g/mol. The van der Waals surface area contributed by atoms with Crippen LogP contribution >= 0.6 is 11.3 Å². The van der Waals surface area contributed by atoms with Gasteiger partial charge in [0.25, 0.3) is 5.56 Å². The second-order valence-electron chi connectivity index (χ2n) is 8.67. The first-order chi connectivity index (χ1) is 17.9. The Labute approximate surface area is 217 Å². The van der Waals surface area contributed by atoms with E-state index in [4.69, 9.17) is 14.2 Å². The molecule has 0 fully saturated rings. The summed E-state index contributed by atoms with van der Waals surface area (Å²) in [7, 11) is 1.30. The zero-order chi connectivity index (χ0) is 26.1. The van der Waals surface area contributed by atoms with E-state index in [2.05, 4.69) is 5.32 Å². The number of para-hydroxylation sites is 1. The number of pyridine rings is 1. The number of thiophene rings is 1. The quantitative estimate of drug-likeness (QED) is 0.353. The van der Waals surface area contributed by atoms with Crippen LogP contribution in [0, 0.1) is 6.92 Å². The molecule has 5 rings (SSSR count). The molecule has 2 aromatic heterocycles. The molecule has 1 aliphatic rings. The van der Waals surface area contributed by atoms with Crippen molar-refractivity contribution < 1.29 is 23.8 Å². The highest BCUT2D eigenvalue weighted by molar-refractivity contribution is 7.15. The lowest BCUT2D eigenvalue weighted by atomic mass is 10.0. The molecule has 1 unspecified atom stereocenters. The molecule has 0 bridgehead atoms. The van der Waals surface area contributed by atoms with Crippen LogP contribution in [0.3, 0.4) is 0 Å². The number of esters is 1. The van der Waals surface area contributed by atoms with Crippen molar-refractivity contribution in [2.45, 2.75) is 26.3 Å². The van der Waals surface area contributed by atoms with Gasteiger partial charge in [0.1, 0.15) is 29.8 Å². The summed E-state index contributed by atoms with van der Waals surface area (Å²) < 4.78 is 17.9. The number of nitrogens with zero attached hydrogens (tertiary/aromatic N) is 1. The molecule has 0 aliphatic carbocycles. The molecule has 3 heterocycles. The van der Waals surface area contributed by atoms with Gasteiger partial charge in [-0.15, -0.1) is 11.3 Å². The Morgan fingerprint density at radius 3 is 2.62 bits per heavy atom. The fraction of sp³-hybridized carbons (Fsp3) is 0.250. The van der Waals surface area contributed by atoms with Crippen LogP contribution in [0.4, 0.5) is 5.00 Å². The van der Waals surface area contributed by atoms with Gasteiger partial charge < -0.3 is 19.5 Å². The Morgan fingerprint density at radius 2 is 1.86 bits per heavy atom. The minimum absolute atomic E-state index is 0.244. The Balaban J connectivity index is 1.53. The predicted molar refractivity (Wildman–Crippen MR) is 143 cm³/mol. The predicted octanol–water partition coefficient (Wildman–Crippen LogP) is 5.19. The van der Waals surface area contributed by atoms with Crippen LogP contribution in [0.1, 0.15) is 35.3 Å². The molecule has 9 heteroatoms. The summed E-state index contributed by atoms with van der Waals surface area (Å²) in [5, 5.41) is 5.95. The van der Waals surface area contributed by atoms with Gasteiger partial charge in [-0.25, -0.2) is 4.79 Å². The molecule has 37 heavy (non-hydrogen) atoms. The number of carbonyl (C=O) groups is 2. The molecule has 8 nitrogen and oxygen atoms in total. The van der Waals surface area contributed by atoms with Crippen LogP contribution in [-0.2, 0) is 9.53 Å².